The third-order valence-electron chi connectivity index (χ3n) is 3.10. The number of allylic oxidation sites excluding steroid dienone is 2. The summed E-state index contributed by atoms with van der Waals surface area (Å²) in [5, 5.41) is 1.99. The average Bonchev–Trinajstić information content (AvgIpc) is 3.13. The largest absolute Gasteiger partial charge is 1.00 e. The molecule has 0 N–H and O–H groups in total. The van der Waals surface area contributed by atoms with Crippen molar-refractivity contribution in [3.8, 4) is 11.8 Å². The molecule has 1 nitrogen and oxygen atoms in total. The zero-order chi connectivity index (χ0) is 15.7. The molecule has 0 aromatic heterocycles. The third-order valence-corrected chi connectivity index (χ3v) is 4.05. The van der Waals surface area contributed by atoms with Crippen LogP contribution in [0.15, 0.2) is 90.2 Å². The molecule has 2 aromatic carbocycles. The van der Waals surface area contributed by atoms with Crippen molar-refractivity contribution >= 4 is 16.7 Å². The fourth-order valence-electron chi connectivity index (χ4n) is 1.97. The van der Waals surface area contributed by atoms with Gasteiger partial charge in [-0.1, -0.05) is 65.8 Å². The van der Waals surface area contributed by atoms with E-state index in [1.54, 1.807) is 18.0 Å². The summed E-state index contributed by atoms with van der Waals surface area (Å²) in [5.74, 6) is 7.15. The van der Waals surface area contributed by atoms with Crippen LogP contribution in [0, 0.1) is 18.3 Å². The zero-order valence-electron chi connectivity index (χ0n) is 13.5. The summed E-state index contributed by atoms with van der Waals surface area (Å²) in [7, 11) is 0. The zero-order valence-corrected chi connectivity index (χ0v) is 17.4. The van der Waals surface area contributed by atoms with Gasteiger partial charge in [0, 0.05) is 22.3 Å². The van der Waals surface area contributed by atoms with Crippen molar-refractivity contribution in [2.75, 3.05) is 0 Å². The minimum absolute atomic E-state index is 0. The first-order chi connectivity index (χ1) is 11.4. The molecule has 3 rings (SSSR count). The Hall–Kier alpha value is -1.12. The monoisotopic (exact) mass is 354 g/mol. The molecule has 1 aliphatic heterocycles. The minimum atomic E-state index is 0. The van der Waals surface area contributed by atoms with Crippen molar-refractivity contribution in [1.82, 2.24) is 0 Å². The van der Waals surface area contributed by atoms with Gasteiger partial charge in [-0.25, -0.2) is 0 Å². The first-order valence-corrected chi connectivity index (χ1v) is 8.15. The van der Waals surface area contributed by atoms with E-state index >= 15 is 0 Å². The molecule has 1 heterocycles. The van der Waals surface area contributed by atoms with Crippen LogP contribution >= 0.6 is 11.8 Å². The van der Waals surface area contributed by atoms with Gasteiger partial charge in [0.25, 0.3) is 0 Å². The number of benzene rings is 2. The maximum atomic E-state index is 5.35. The summed E-state index contributed by atoms with van der Waals surface area (Å²) in [6.45, 7) is 0. The Bertz CT molecular complexity index is 786. The second kappa shape index (κ2) is 10.7. The van der Waals surface area contributed by atoms with E-state index in [0.717, 1.165) is 21.8 Å². The van der Waals surface area contributed by atoms with Crippen LogP contribution in [0.1, 0.15) is 11.1 Å². The topological polar surface area (TPSA) is 9.23 Å². The van der Waals surface area contributed by atoms with Gasteiger partial charge in [0.1, 0.15) is 0 Å². The second-order valence-corrected chi connectivity index (χ2v) is 5.67. The van der Waals surface area contributed by atoms with Crippen LogP contribution in [-0.2, 0) is 4.74 Å². The van der Waals surface area contributed by atoms with Crippen molar-refractivity contribution < 1.29 is 56.1 Å². The standard InChI is InChI=1S/C21H15OS.K/c1-3-9-18(10-4-1)11-7-15-21(19-12-5-2-6-13-19)23-17-20-14-8-16-22-20;/h1-6,8-10,12-17H;/q-1;+1/b20-17?,21-15-;. The average molecular weight is 355 g/mol. The van der Waals surface area contributed by atoms with Gasteiger partial charge in [-0.2, -0.15) is 11.8 Å². The summed E-state index contributed by atoms with van der Waals surface area (Å²) in [5.41, 5.74) is 2.15. The SMILES string of the molecule is C(#Cc1ccccc1)/C=C(\SC=C1[CH-]C=CO1)c1ccccc1.[K+]. The first kappa shape index (κ1) is 19.2. The van der Waals surface area contributed by atoms with E-state index in [1.807, 2.05) is 72.5 Å². The van der Waals surface area contributed by atoms with Crippen molar-refractivity contribution in [3.63, 3.8) is 0 Å². The number of hydrogen-bond acceptors (Lipinski definition) is 2. The van der Waals surface area contributed by atoms with Gasteiger partial charge in [-0.15, -0.1) is 12.5 Å². The molecule has 0 bridgehead atoms. The Kier molecular flexibility index (Phi) is 8.55. The molecule has 0 aliphatic carbocycles. The van der Waals surface area contributed by atoms with Gasteiger partial charge < -0.3 is 4.74 Å². The summed E-state index contributed by atoms with van der Waals surface area (Å²) in [4.78, 5) is 1.09. The normalized spacial score (nSPS) is 14.2. The molecule has 0 unspecified atom stereocenters. The third kappa shape index (κ3) is 6.07. The maximum Gasteiger partial charge on any atom is 1.00 e. The van der Waals surface area contributed by atoms with Gasteiger partial charge in [-0.3, -0.25) is 0 Å². The number of thioether (sulfide) groups is 1. The summed E-state index contributed by atoms with van der Waals surface area (Å²) in [6.07, 6.45) is 7.44. The van der Waals surface area contributed by atoms with E-state index in [9.17, 15) is 0 Å². The van der Waals surface area contributed by atoms with E-state index in [0.29, 0.717) is 0 Å². The van der Waals surface area contributed by atoms with Crippen LogP contribution in [0.5, 0.6) is 0 Å². The van der Waals surface area contributed by atoms with Crippen LogP contribution in [0.3, 0.4) is 0 Å². The molecule has 0 spiro atoms. The summed E-state index contributed by atoms with van der Waals surface area (Å²) >= 11 is 1.61. The van der Waals surface area contributed by atoms with Crippen LogP contribution in [0.4, 0.5) is 0 Å². The fourth-order valence-corrected chi connectivity index (χ4v) is 2.75. The van der Waals surface area contributed by atoms with E-state index in [4.69, 9.17) is 4.74 Å². The molecule has 0 amide bonds. The Morgan fingerprint density at radius 3 is 2.38 bits per heavy atom. The maximum absolute atomic E-state index is 5.35. The van der Waals surface area contributed by atoms with Crippen molar-refractivity contribution in [3.05, 3.63) is 108 Å². The van der Waals surface area contributed by atoms with Gasteiger partial charge >= 0.3 is 51.4 Å². The molecule has 1 aliphatic rings. The Labute approximate surface area is 190 Å². The molecule has 0 saturated heterocycles. The predicted octanol–water partition coefficient (Wildman–Crippen LogP) is 2.41. The minimum Gasteiger partial charge on any atom is -0.546 e. The molecule has 3 heteroatoms. The van der Waals surface area contributed by atoms with Gasteiger partial charge in [-0.05, 0) is 24.0 Å². The molecule has 112 valence electrons. The van der Waals surface area contributed by atoms with Gasteiger partial charge in [0.05, 0.1) is 0 Å². The number of ether oxygens (including phenoxy) is 1. The molecule has 2 aromatic rings. The van der Waals surface area contributed by atoms with Crippen LogP contribution in [0.2, 0.25) is 0 Å². The van der Waals surface area contributed by atoms with Crippen molar-refractivity contribution in [2.24, 2.45) is 0 Å². The molecule has 0 radical (unpaired) electrons. The summed E-state index contributed by atoms with van der Waals surface area (Å²) < 4.78 is 5.35. The van der Waals surface area contributed by atoms with Crippen molar-refractivity contribution in [1.29, 1.82) is 0 Å². The first-order valence-electron chi connectivity index (χ1n) is 7.27. The molecular formula is C21H15KOS. The quantitative estimate of drug-likeness (QED) is 0.476. The molecule has 0 saturated carbocycles. The van der Waals surface area contributed by atoms with Gasteiger partial charge in [0.2, 0.25) is 0 Å². The van der Waals surface area contributed by atoms with Crippen molar-refractivity contribution in [2.45, 2.75) is 0 Å². The number of hydrogen-bond donors (Lipinski definition) is 0. The second-order valence-electron chi connectivity index (χ2n) is 4.76. The Morgan fingerprint density at radius 1 is 1.00 bits per heavy atom. The van der Waals surface area contributed by atoms with E-state index in [1.165, 1.54) is 0 Å². The van der Waals surface area contributed by atoms with Crippen LogP contribution in [0.25, 0.3) is 4.91 Å². The Morgan fingerprint density at radius 2 is 1.71 bits per heavy atom. The molecule has 0 atom stereocenters. The molecular weight excluding hydrogens is 339 g/mol. The van der Waals surface area contributed by atoms with Crippen LogP contribution < -0.4 is 51.4 Å². The fraction of sp³-hybridized carbons (Fsp3) is 0. The Balaban J connectivity index is 0.00000208. The van der Waals surface area contributed by atoms with Crippen LogP contribution in [-0.4, -0.2) is 0 Å². The molecule has 24 heavy (non-hydrogen) atoms. The predicted molar refractivity (Wildman–Crippen MR) is 97.9 cm³/mol. The van der Waals surface area contributed by atoms with Gasteiger partial charge in [0.15, 0.2) is 0 Å². The number of rotatable bonds is 3. The smallest absolute Gasteiger partial charge is 0.546 e. The molecule has 0 fully saturated rings. The van der Waals surface area contributed by atoms with E-state index < -0.39 is 0 Å². The summed E-state index contributed by atoms with van der Waals surface area (Å²) in [6, 6.07) is 20.2. The van der Waals surface area contributed by atoms with E-state index in [2.05, 4.69) is 24.0 Å². The van der Waals surface area contributed by atoms with E-state index in [-0.39, 0.29) is 51.4 Å².